The average Bonchev–Trinajstić information content (AvgIpc) is 2.95. The minimum Gasteiger partial charge on any atom is -0.395 e. The van der Waals surface area contributed by atoms with E-state index in [0.29, 0.717) is 18.5 Å². The number of nitrogens with zero attached hydrogens (tertiary/aromatic N) is 1. The number of carbonyl (C=O) groups excluding carboxylic acids is 1. The van der Waals surface area contributed by atoms with Crippen molar-refractivity contribution < 1.29 is 22.8 Å². The molecule has 1 aromatic rings. The maximum Gasteiger partial charge on any atom is 0.247 e. The Hall–Kier alpha value is -1.41. The number of sulfone groups is 1. The van der Waals surface area contributed by atoms with E-state index in [4.69, 9.17) is 4.52 Å². The molecule has 1 amide bonds. The molecule has 0 aliphatic heterocycles. The predicted molar refractivity (Wildman–Crippen MR) is 88.4 cm³/mol. The van der Waals surface area contributed by atoms with Crippen molar-refractivity contribution in [2.24, 2.45) is 0 Å². The molecule has 0 radical (unpaired) electrons. The molecule has 24 heavy (non-hydrogen) atoms. The molecule has 0 spiro atoms. The first kappa shape index (κ1) is 17.4. The van der Waals surface area contributed by atoms with Crippen LogP contribution in [0.4, 0.5) is 5.88 Å². The lowest BCUT2D eigenvalue weighted by Crippen LogP contribution is -2.48. The molecule has 134 valence electrons. The van der Waals surface area contributed by atoms with Crippen molar-refractivity contribution in [3.63, 3.8) is 0 Å². The minimum absolute atomic E-state index is 0.0194. The van der Waals surface area contributed by atoms with Crippen molar-refractivity contribution in [3.05, 3.63) is 11.8 Å². The first-order chi connectivity index (χ1) is 11.2. The van der Waals surface area contributed by atoms with Crippen LogP contribution in [0.1, 0.15) is 58.1 Å². The normalized spacial score (nSPS) is 21.0. The number of nitrogens with one attached hydrogen (secondary N) is 1. The monoisotopic (exact) mass is 356 g/mol. The van der Waals surface area contributed by atoms with E-state index in [0.717, 1.165) is 25.7 Å². The van der Waals surface area contributed by atoms with E-state index >= 15 is 0 Å². The molecule has 0 bridgehead atoms. The summed E-state index contributed by atoms with van der Waals surface area (Å²) >= 11 is 0. The lowest BCUT2D eigenvalue weighted by molar-refractivity contribution is -0.118. The maximum absolute atomic E-state index is 12.8. The van der Waals surface area contributed by atoms with E-state index in [9.17, 15) is 18.3 Å². The molecule has 0 atom stereocenters. The number of aliphatic hydroxyl groups is 1. The highest BCUT2D eigenvalue weighted by Gasteiger charge is 2.48. The zero-order valence-corrected chi connectivity index (χ0v) is 14.9. The van der Waals surface area contributed by atoms with Crippen molar-refractivity contribution in [1.82, 2.24) is 5.16 Å². The van der Waals surface area contributed by atoms with Crippen LogP contribution in [0.2, 0.25) is 0 Å². The molecule has 0 unspecified atom stereocenters. The number of hydrogen-bond donors (Lipinski definition) is 2. The molecule has 2 saturated carbocycles. The first-order valence-corrected chi connectivity index (χ1v) is 9.90. The Morgan fingerprint density at radius 2 is 2.04 bits per heavy atom. The van der Waals surface area contributed by atoms with E-state index < -0.39 is 25.7 Å². The highest BCUT2D eigenvalue weighted by molar-refractivity contribution is 7.94. The Morgan fingerprint density at radius 3 is 2.58 bits per heavy atom. The topological polar surface area (TPSA) is 110 Å². The lowest BCUT2D eigenvalue weighted by atomic mass is 10.0. The molecule has 7 nitrogen and oxygen atoms in total. The van der Waals surface area contributed by atoms with Crippen LogP contribution in [0.3, 0.4) is 0 Å². The van der Waals surface area contributed by atoms with Gasteiger partial charge in [0.05, 0.1) is 17.6 Å². The lowest BCUT2D eigenvalue weighted by Gasteiger charge is -2.26. The summed E-state index contributed by atoms with van der Waals surface area (Å²) in [6.07, 6.45) is 4.65. The molecule has 3 rings (SSSR count). The van der Waals surface area contributed by atoms with Gasteiger partial charge in [-0.15, -0.1) is 0 Å². The standard InChI is InChI=1S/C16H24N2O5S/c1-15(2,24(21,22)11-5-3-4-6-11)14(20)17-13-9-12(18-23-13)16(10-19)7-8-16/h9,11,19H,3-8,10H2,1-2H3,(H,17,20). The third kappa shape index (κ3) is 2.75. The highest BCUT2D eigenvalue weighted by Crippen LogP contribution is 2.47. The summed E-state index contributed by atoms with van der Waals surface area (Å²) in [6.45, 7) is 2.85. The molecule has 1 aromatic heterocycles. The number of aromatic nitrogens is 1. The Bertz CT molecular complexity index is 727. The molecule has 0 saturated heterocycles. The Kier molecular flexibility index (Phi) is 4.24. The minimum atomic E-state index is -3.59. The largest absolute Gasteiger partial charge is 0.395 e. The Balaban J connectivity index is 1.74. The summed E-state index contributed by atoms with van der Waals surface area (Å²) in [6, 6.07) is 1.57. The molecule has 2 N–H and O–H groups in total. The average molecular weight is 356 g/mol. The first-order valence-electron chi connectivity index (χ1n) is 8.36. The van der Waals surface area contributed by atoms with Gasteiger partial charge in [0, 0.05) is 11.5 Å². The summed E-state index contributed by atoms with van der Waals surface area (Å²) in [5.74, 6) is -0.504. The quantitative estimate of drug-likeness (QED) is 0.804. The zero-order valence-electron chi connectivity index (χ0n) is 14.0. The fourth-order valence-electron chi connectivity index (χ4n) is 3.24. The number of hydrogen-bond acceptors (Lipinski definition) is 6. The van der Waals surface area contributed by atoms with Crippen LogP contribution in [0.5, 0.6) is 0 Å². The second-order valence-corrected chi connectivity index (χ2v) is 10.2. The molecule has 2 fully saturated rings. The fraction of sp³-hybridized carbons (Fsp3) is 0.750. The van der Waals surface area contributed by atoms with Crippen LogP contribution in [0, 0.1) is 0 Å². The molecule has 1 heterocycles. The molecule has 2 aliphatic rings. The second kappa shape index (κ2) is 5.84. The van der Waals surface area contributed by atoms with Gasteiger partial charge in [0.1, 0.15) is 4.75 Å². The van der Waals surface area contributed by atoms with Crippen LogP contribution in [-0.4, -0.2) is 41.2 Å². The van der Waals surface area contributed by atoms with Gasteiger partial charge < -0.3 is 9.63 Å². The highest BCUT2D eigenvalue weighted by atomic mass is 32.2. The number of aliphatic hydroxyl groups excluding tert-OH is 1. The summed E-state index contributed by atoms with van der Waals surface area (Å²) in [4.78, 5) is 12.6. The van der Waals surface area contributed by atoms with E-state index in [1.807, 2.05) is 0 Å². The van der Waals surface area contributed by atoms with Gasteiger partial charge in [-0.3, -0.25) is 10.1 Å². The van der Waals surface area contributed by atoms with E-state index in [1.54, 1.807) is 6.07 Å². The summed E-state index contributed by atoms with van der Waals surface area (Å²) in [5.41, 5.74) is 0.231. The predicted octanol–water partition coefficient (Wildman–Crippen LogP) is 1.77. The van der Waals surface area contributed by atoms with Gasteiger partial charge in [0.25, 0.3) is 0 Å². The van der Waals surface area contributed by atoms with Gasteiger partial charge in [0.2, 0.25) is 11.8 Å². The van der Waals surface area contributed by atoms with Gasteiger partial charge in [-0.2, -0.15) is 0 Å². The third-order valence-electron chi connectivity index (χ3n) is 5.45. The third-order valence-corrected chi connectivity index (χ3v) is 8.40. The SMILES string of the molecule is CC(C)(C(=O)Nc1cc(C2(CO)CC2)no1)S(=O)(=O)C1CCCC1. The Morgan fingerprint density at radius 1 is 1.42 bits per heavy atom. The van der Waals surface area contributed by atoms with Crippen LogP contribution < -0.4 is 5.32 Å². The van der Waals surface area contributed by atoms with Crippen molar-refractivity contribution in [2.45, 2.75) is 67.8 Å². The van der Waals surface area contributed by atoms with Crippen molar-refractivity contribution in [2.75, 3.05) is 11.9 Å². The second-order valence-electron chi connectivity index (χ2n) is 7.43. The summed E-state index contributed by atoms with van der Waals surface area (Å²) < 4.78 is 29.1. The number of anilines is 1. The zero-order chi connectivity index (χ0) is 17.6. The maximum atomic E-state index is 12.8. The van der Waals surface area contributed by atoms with Crippen LogP contribution in [0.15, 0.2) is 10.6 Å². The molecule has 8 heteroatoms. The molecular formula is C16H24N2O5S. The van der Waals surface area contributed by atoms with Gasteiger partial charge in [-0.1, -0.05) is 18.0 Å². The van der Waals surface area contributed by atoms with E-state index in [-0.39, 0.29) is 17.9 Å². The molecular weight excluding hydrogens is 332 g/mol. The van der Waals surface area contributed by atoms with Gasteiger partial charge in [-0.05, 0) is 39.5 Å². The fourth-order valence-corrected chi connectivity index (χ4v) is 5.33. The van der Waals surface area contributed by atoms with E-state index in [1.165, 1.54) is 13.8 Å². The number of carbonyl (C=O) groups is 1. The van der Waals surface area contributed by atoms with Crippen molar-refractivity contribution in [1.29, 1.82) is 0 Å². The van der Waals surface area contributed by atoms with Crippen LogP contribution in [0.25, 0.3) is 0 Å². The van der Waals surface area contributed by atoms with Crippen LogP contribution in [-0.2, 0) is 20.0 Å². The van der Waals surface area contributed by atoms with Crippen molar-refractivity contribution >= 4 is 21.6 Å². The number of amides is 1. The molecule has 0 aromatic carbocycles. The van der Waals surface area contributed by atoms with Gasteiger partial charge >= 0.3 is 0 Å². The van der Waals surface area contributed by atoms with Gasteiger partial charge in [0.15, 0.2) is 9.84 Å². The van der Waals surface area contributed by atoms with Gasteiger partial charge in [-0.25, -0.2) is 8.42 Å². The Labute approximate surface area is 141 Å². The molecule has 2 aliphatic carbocycles. The summed E-state index contributed by atoms with van der Waals surface area (Å²) in [7, 11) is -3.59. The summed E-state index contributed by atoms with van der Waals surface area (Å²) in [5, 5.41) is 15.4. The van der Waals surface area contributed by atoms with E-state index in [2.05, 4.69) is 10.5 Å². The number of rotatable bonds is 6. The van der Waals surface area contributed by atoms with Crippen LogP contribution >= 0.6 is 0 Å². The van der Waals surface area contributed by atoms with Crippen molar-refractivity contribution in [3.8, 4) is 0 Å². The smallest absolute Gasteiger partial charge is 0.247 e.